The molecule has 1 aromatic carbocycles. The number of benzene rings is 1. The standard InChI is InChI=1S/C15H15N3O3S/c19-22(20)10-1-2-11-12(7-10)18-15-13(11)14(16-8-17-15)9-3-5-21-6-4-9/h1-2,7-9H,3-6H2,(H,19,20)(H,16,17,18). The lowest BCUT2D eigenvalue weighted by Gasteiger charge is -2.21. The van der Waals surface area contributed by atoms with Gasteiger partial charge in [0.05, 0.1) is 10.6 Å². The molecule has 0 bridgehead atoms. The van der Waals surface area contributed by atoms with Crippen LogP contribution in [0.2, 0.25) is 0 Å². The minimum atomic E-state index is -1.99. The van der Waals surface area contributed by atoms with Gasteiger partial charge in [-0.15, -0.1) is 0 Å². The molecule has 0 aliphatic carbocycles. The van der Waals surface area contributed by atoms with E-state index in [0.29, 0.717) is 10.8 Å². The normalized spacial score (nSPS) is 18.0. The zero-order valence-corrected chi connectivity index (χ0v) is 12.6. The number of H-pyrrole nitrogens is 1. The monoisotopic (exact) mass is 317 g/mol. The Labute approximate surface area is 129 Å². The molecule has 22 heavy (non-hydrogen) atoms. The molecule has 7 heteroatoms. The Morgan fingerprint density at radius 2 is 2.09 bits per heavy atom. The number of aromatic nitrogens is 3. The van der Waals surface area contributed by atoms with Crippen molar-refractivity contribution in [3.8, 4) is 0 Å². The van der Waals surface area contributed by atoms with Crippen LogP contribution in [0.15, 0.2) is 29.4 Å². The number of ether oxygens (including phenoxy) is 1. The van der Waals surface area contributed by atoms with Crippen LogP contribution in [0.25, 0.3) is 21.9 Å². The maximum absolute atomic E-state index is 11.2. The molecular weight excluding hydrogens is 302 g/mol. The van der Waals surface area contributed by atoms with Gasteiger partial charge in [-0.1, -0.05) is 6.07 Å². The molecule has 3 heterocycles. The highest BCUT2D eigenvalue weighted by Crippen LogP contribution is 2.34. The quantitative estimate of drug-likeness (QED) is 0.709. The Morgan fingerprint density at radius 3 is 2.86 bits per heavy atom. The molecule has 0 radical (unpaired) electrons. The van der Waals surface area contributed by atoms with Crippen molar-refractivity contribution < 1.29 is 13.5 Å². The van der Waals surface area contributed by atoms with E-state index in [2.05, 4.69) is 15.0 Å². The average molecular weight is 317 g/mol. The van der Waals surface area contributed by atoms with E-state index in [1.807, 2.05) is 6.07 Å². The second-order valence-electron chi connectivity index (χ2n) is 5.45. The van der Waals surface area contributed by atoms with Gasteiger partial charge in [0.15, 0.2) is 11.1 Å². The van der Waals surface area contributed by atoms with Crippen molar-refractivity contribution in [3.63, 3.8) is 0 Å². The van der Waals surface area contributed by atoms with Crippen LogP contribution < -0.4 is 0 Å². The first-order valence-electron chi connectivity index (χ1n) is 7.19. The third kappa shape index (κ3) is 2.22. The summed E-state index contributed by atoms with van der Waals surface area (Å²) in [5.74, 6) is 0.366. The molecule has 6 nitrogen and oxygen atoms in total. The SMILES string of the molecule is O=S(O)c1ccc2c(c1)[nH]c1ncnc(C3CCOCC3)c12. The Kier molecular flexibility index (Phi) is 3.40. The molecule has 1 atom stereocenters. The third-order valence-corrected chi connectivity index (χ3v) is 4.86. The van der Waals surface area contributed by atoms with E-state index >= 15 is 0 Å². The molecule has 0 amide bonds. The highest BCUT2D eigenvalue weighted by atomic mass is 32.2. The second kappa shape index (κ2) is 5.42. The van der Waals surface area contributed by atoms with Crippen molar-refractivity contribution in [2.24, 2.45) is 0 Å². The van der Waals surface area contributed by atoms with Gasteiger partial charge in [-0.2, -0.15) is 0 Å². The van der Waals surface area contributed by atoms with Crippen LogP contribution in [-0.4, -0.2) is 36.9 Å². The number of hydrogen-bond donors (Lipinski definition) is 2. The molecule has 2 aromatic heterocycles. The maximum Gasteiger partial charge on any atom is 0.186 e. The van der Waals surface area contributed by atoms with Gasteiger partial charge in [0.1, 0.15) is 12.0 Å². The molecule has 2 N–H and O–H groups in total. The van der Waals surface area contributed by atoms with Crippen LogP contribution in [-0.2, 0) is 15.8 Å². The van der Waals surface area contributed by atoms with E-state index in [1.54, 1.807) is 18.5 Å². The number of fused-ring (bicyclic) bond motifs is 3. The van der Waals surface area contributed by atoms with E-state index in [-0.39, 0.29) is 0 Å². The second-order valence-corrected chi connectivity index (χ2v) is 6.42. The molecule has 0 spiro atoms. The Hall–Kier alpha value is -1.83. The largest absolute Gasteiger partial charge is 0.381 e. The molecule has 3 aromatic rings. The van der Waals surface area contributed by atoms with E-state index in [4.69, 9.17) is 4.74 Å². The summed E-state index contributed by atoms with van der Waals surface area (Å²) in [5.41, 5.74) is 2.62. The van der Waals surface area contributed by atoms with Crippen molar-refractivity contribution in [3.05, 3.63) is 30.2 Å². The highest BCUT2D eigenvalue weighted by molar-refractivity contribution is 7.79. The smallest absolute Gasteiger partial charge is 0.186 e. The van der Waals surface area contributed by atoms with Gasteiger partial charge >= 0.3 is 0 Å². The van der Waals surface area contributed by atoms with E-state index < -0.39 is 11.1 Å². The van der Waals surface area contributed by atoms with Crippen molar-refractivity contribution in [1.82, 2.24) is 15.0 Å². The molecule has 1 aliphatic heterocycles. The summed E-state index contributed by atoms with van der Waals surface area (Å²) in [4.78, 5) is 12.4. The van der Waals surface area contributed by atoms with Gasteiger partial charge in [-0.05, 0) is 25.0 Å². The fourth-order valence-corrected chi connectivity index (χ4v) is 3.52. The topological polar surface area (TPSA) is 88.1 Å². The number of nitrogens with zero attached hydrogens (tertiary/aromatic N) is 2. The zero-order chi connectivity index (χ0) is 15.1. The highest BCUT2D eigenvalue weighted by Gasteiger charge is 2.22. The lowest BCUT2D eigenvalue weighted by atomic mass is 9.93. The fourth-order valence-electron chi connectivity index (χ4n) is 3.12. The summed E-state index contributed by atoms with van der Waals surface area (Å²) in [7, 11) is 0. The molecule has 1 fully saturated rings. The van der Waals surface area contributed by atoms with Crippen LogP contribution in [0, 0.1) is 0 Å². The van der Waals surface area contributed by atoms with Gasteiger partial charge in [0.2, 0.25) is 0 Å². The van der Waals surface area contributed by atoms with Gasteiger partial charge in [-0.25, -0.2) is 14.2 Å². The van der Waals surface area contributed by atoms with Gasteiger partial charge < -0.3 is 14.3 Å². The molecule has 1 aliphatic rings. The zero-order valence-electron chi connectivity index (χ0n) is 11.8. The first-order chi connectivity index (χ1) is 10.7. The van der Waals surface area contributed by atoms with Crippen LogP contribution in [0.5, 0.6) is 0 Å². The number of aromatic amines is 1. The third-order valence-electron chi connectivity index (χ3n) is 4.20. The Balaban J connectivity index is 1.94. The van der Waals surface area contributed by atoms with Crippen molar-refractivity contribution >= 4 is 33.0 Å². The van der Waals surface area contributed by atoms with Crippen molar-refractivity contribution in [2.45, 2.75) is 23.7 Å². The summed E-state index contributed by atoms with van der Waals surface area (Å²) < 4.78 is 25.9. The summed E-state index contributed by atoms with van der Waals surface area (Å²) in [6, 6.07) is 5.23. The lowest BCUT2D eigenvalue weighted by molar-refractivity contribution is 0.0848. The van der Waals surface area contributed by atoms with Gasteiger partial charge in [0, 0.05) is 35.4 Å². The number of hydrogen-bond acceptors (Lipinski definition) is 4. The number of rotatable bonds is 2. The average Bonchev–Trinajstić information content (AvgIpc) is 2.93. The van der Waals surface area contributed by atoms with Crippen LogP contribution in [0.4, 0.5) is 0 Å². The molecule has 1 unspecified atom stereocenters. The molecule has 4 rings (SSSR count). The van der Waals surface area contributed by atoms with Gasteiger partial charge in [-0.3, -0.25) is 0 Å². The number of nitrogens with one attached hydrogen (secondary N) is 1. The summed E-state index contributed by atoms with van der Waals surface area (Å²) in [6.07, 6.45) is 3.49. The van der Waals surface area contributed by atoms with Crippen LogP contribution in [0.1, 0.15) is 24.5 Å². The lowest BCUT2D eigenvalue weighted by Crippen LogP contribution is -2.15. The fraction of sp³-hybridized carbons (Fsp3) is 0.333. The molecule has 114 valence electrons. The van der Waals surface area contributed by atoms with Crippen molar-refractivity contribution in [1.29, 1.82) is 0 Å². The first kappa shape index (κ1) is 13.8. The van der Waals surface area contributed by atoms with E-state index in [0.717, 1.165) is 53.7 Å². The molecule has 1 saturated heterocycles. The van der Waals surface area contributed by atoms with E-state index in [9.17, 15) is 8.76 Å². The minimum absolute atomic E-state index is 0.366. The maximum atomic E-state index is 11.2. The predicted molar refractivity (Wildman–Crippen MR) is 83.2 cm³/mol. The molecule has 0 saturated carbocycles. The Bertz CT molecular complexity index is 871. The van der Waals surface area contributed by atoms with Crippen molar-refractivity contribution in [2.75, 3.05) is 13.2 Å². The minimum Gasteiger partial charge on any atom is -0.381 e. The predicted octanol–water partition coefficient (Wildman–Crippen LogP) is 2.59. The van der Waals surface area contributed by atoms with E-state index in [1.165, 1.54) is 0 Å². The van der Waals surface area contributed by atoms with Gasteiger partial charge in [0.25, 0.3) is 0 Å². The summed E-state index contributed by atoms with van der Waals surface area (Å²) in [6.45, 7) is 1.51. The van der Waals surface area contributed by atoms with Crippen LogP contribution in [0.3, 0.4) is 0 Å². The molecular formula is C15H15N3O3S. The Morgan fingerprint density at radius 1 is 1.27 bits per heavy atom. The van der Waals surface area contributed by atoms with Crippen LogP contribution >= 0.6 is 0 Å². The summed E-state index contributed by atoms with van der Waals surface area (Å²) >= 11 is -1.99. The summed E-state index contributed by atoms with van der Waals surface area (Å²) in [5, 5.41) is 2.01. The first-order valence-corrected chi connectivity index (χ1v) is 8.29.